The van der Waals surface area contributed by atoms with Gasteiger partial charge in [-0.25, -0.2) is 0 Å². The normalized spacial score (nSPS) is 11.7. The van der Waals surface area contributed by atoms with E-state index in [2.05, 4.69) is 5.10 Å². The van der Waals surface area contributed by atoms with Gasteiger partial charge in [-0.15, -0.1) is 0 Å². The molecule has 0 aliphatic heterocycles. The molecule has 0 saturated heterocycles. The van der Waals surface area contributed by atoms with Crippen molar-refractivity contribution in [2.24, 2.45) is 16.7 Å². The maximum absolute atomic E-state index is 11.2. The standard InChI is InChI=1S/C16H14N4O/c17-16(19-18)11-5-7-13(8-6-11)20-9-12(10-21)14-3-1-2-4-15(14)20/h1-10H,18H2,(H2,17,19). The zero-order chi connectivity index (χ0) is 14.8. The van der Waals surface area contributed by atoms with Crippen LogP contribution in [0.2, 0.25) is 0 Å². The molecule has 0 atom stereocenters. The summed E-state index contributed by atoms with van der Waals surface area (Å²) in [5.74, 6) is 5.45. The third-order valence-electron chi connectivity index (χ3n) is 3.45. The molecule has 1 aromatic heterocycles. The van der Waals surface area contributed by atoms with Crippen LogP contribution in [0, 0.1) is 0 Å². The predicted molar refractivity (Wildman–Crippen MR) is 83.6 cm³/mol. The Balaban J connectivity index is 2.14. The minimum atomic E-state index is 0.285. The molecule has 0 radical (unpaired) electrons. The molecule has 0 aliphatic carbocycles. The summed E-state index contributed by atoms with van der Waals surface area (Å²) in [7, 11) is 0. The summed E-state index contributed by atoms with van der Waals surface area (Å²) in [6.45, 7) is 0. The van der Waals surface area contributed by atoms with Crippen molar-refractivity contribution in [1.82, 2.24) is 4.57 Å². The van der Waals surface area contributed by atoms with Crippen LogP contribution in [0.25, 0.3) is 16.6 Å². The van der Waals surface area contributed by atoms with Crippen LogP contribution in [0.3, 0.4) is 0 Å². The fraction of sp³-hybridized carbons (Fsp3) is 0. The van der Waals surface area contributed by atoms with Crippen LogP contribution in [-0.4, -0.2) is 16.7 Å². The number of nitrogens with zero attached hydrogens (tertiary/aromatic N) is 2. The van der Waals surface area contributed by atoms with Crippen LogP contribution in [0.5, 0.6) is 0 Å². The molecule has 0 fully saturated rings. The average Bonchev–Trinajstić information content (AvgIpc) is 2.93. The molecule has 21 heavy (non-hydrogen) atoms. The SMILES string of the molecule is N/N=C(\N)c1ccc(-n2cc(C=O)c3ccccc32)cc1. The quantitative estimate of drug-likeness (QED) is 0.253. The number of carbonyl (C=O) groups excluding carboxylic acids is 1. The van der Waals surface area contributed by atoms with E-state index in [-0.39, 0.29) is 5.84 Å². The van der Waals surface area contributed by atoms with E-state index in [9.17, 15) is 4.79 Å². The number of nitrogens with two attached hydrogens (primary N) is 2. The number of para-hydroxylation sites is 1. The van der Waals surface area contributed by atoms with Crippen LogP contribution in [0.15, 0.2) is 59.8 Å². The first-order chi connectivity index (χ1) is 10.2. The van der Waals surface area contributed by atoms with Crippen LogP contribution in [0.4, 0.5) is 0 Å². The lowest BCUT2D eigenvalue weighted by Crippen LogP contribution is -2.15. The Hall–Kier alpha value is -3.08. The first kappa shape index (κ1) is 12.9. The van der Waals surface area contributed by atoms with Gasteiger partial charge in [0.25, 0.3) is 0 Å². The zero-order valence-corrected chi connectivity index (χ0v) is 11.2. The molecule has 1 heterocycles. The molecular formula is C16H14N4O. The van der Waals surface area contributed by atoms with Gasteiger partial charge >= 0.3 is 0 Å². The van der Waals surface area contributed by atoms with Gasteiger partial charge in [0.15, 0.2) is 6.29 Å². The van der Waals surface area contributed by atoms with Crippen LogP contribution < -0.4 is 11.6 Å². The maximum Gasteiger partial charge on any atom is 0.152 e. The van der Waals surface area contributed by atoms with Gasteiger partial charge in [0, 0.05) is 28.4 Å². The molecule has 0 saturated carbocycles. The Kier molecular flexibility index (Phi) is 3.16. The topological polar surface area (TPSA) is 86.4 Å². The number of hydrogen-bond donors (Lipinski definition) is 2. The second-order valence-corrected chi connectivity index (χ2v) is 4.65. The predicted octanol–water partition coefficient (Wildman–Crippen LogP) is 2.02. The molecule has 3 rings (SSSR count). The molecule has 3 aromatic rings. The number of fused-ring (bicyclic) bond motifs is 1. The molecule has 0 unspecified atom stereocenters. The number of aromatic nitrogens is 1. The second kappa shape index (κ2) is 5.13. The van der Waals surface area contributed by atoms with E-state index in [0.29, 0.717) is 5.56 Å². The number of benzene rings is 2. The second-order valence-electron chi connectivity index (χ2n) is 4.65. The molecule has 5 heteroatoms. The largest absolute Gasteiger partial charge is 0.382 e. The van der Waals surface area contributed by atoms with E-state index in [4.69, 9.17) is 11.6 Å². The van der Waals surface area contributed by atoms with Gasteiger partial charge in [0.05, 0.1) is 5.52 Å². The fourth-order valence-corrected chi connectivity index (χ4v) is 2.38. The Morgan fingerprint density at radius 2 is 1.81 bits per heavy atom. The summed E-state index contributed by atoms with van der Waals surface area (Å²) in [6.07, 6.45) is 2.69. The minimum Gasteiger partial charge on any atom is -0.382 e. The van der Waals surface area contributed by atoms with E-state index < -0.39 is 0 Å². The number of amidine groups is 1. The van der Waals surface area contributed by atoms with Crippen molar-refractivity contribution < 1.29 is 4.79 Å². The van der Waals surface area contributed by atoms with Crippen molar-refractivity contribution in [1.29, 1.82) is 0 Å². The monoisotopic (exact) mass is 278 g/mol. The van der Waals surface area contributed by atoms with E-state index >= 15 is 0 Å². The van der Waals surface area contributed by atoms with Crippen molar-refractivity contribution in [3.05, 3.63) is 65.9 Å². The van der Waals surface area contributed by atoms with Crippen molar-refractivity contribution in [3.63, 3.8) is 0 Å². The highest BCUT2D eigenvalue weighted by molar-refractivity contribution is 5.99. The first-order valence-corrected chi connectivity index (χ1v) is 6.44. The van der Waals surface area contributed by atoms with Gasteiger partial charge < -0.3 is 16.1 Å². The smallest absolute Gasteiger partial charge is 0.152 e. The average molecular weight is 278 g/mol. The van der Waals surface area contributed by atoms with Crippen LogP contribution in [0.1, 0.15) is 15.9 Å². The highest BCUT2D eigenvalue weighted by Crippen LogP contribution is 2.23. The van der Waals surface area contributed by atoms with Crippen molar-refractivity contribution in [3.8, 4) is 5.69 Å². The van der Waals surface area contributed by atoms with Crippen molar-refractivity contribution in [2.75, 3.05) is 0 Å². The number of aldehydes is 1. The van der Waals surface area contributed by atoms with E-state index in [1.807, 2.05) is 59.3 Å². The molecule has 104 valence electrons. The van der Waals surface area contributed by atoms with Crippen LogP contribution >= 0.6 is 0 Å². The first-order valence-electron chi connectivity index (χ1n) is 6.44. The molecule has 4 N–H and O–H groups in total. The summed E-state index contributed by atoms with van der Waals surface area (Å²) in [5, 5.41) is 4.40. The molecule has 0 aliphatic rings. The molecule has 0 amide bonds. The van der Waals surface area contributed by atoms with Gasteiger partial charge in [-0.3, -0.25) is 4.79 Å². The maximum atomic E-state index is 11.2. The number of hydrogen-bond acceptors (Lipinski definition) is 3. The van der Waals surface area contributed by atoms with Crippen LogP contribution in [-0.2, 0) is 0 Å². The van der Waals surface area contributed by atoms with Gasteiger partial charge in [0.2, 0.25) is 0 Å². The summed E-state index contributed by atoms with van der Waals surface area (Å²) < 4.78 is 1.97. The molecule has 2 aromatic carbocycles. The Morgan fingerprint density at radius 1 is 1.10 bits per heavy atom. The Morgan fingerprint density at radius 3 is 2.48 bits per heavy atom. The van der Waals surface area contributed by atoms with E-state index in [1.165, 1.54) is 0 Å². The van der Waals surface area contributed by atoms with Gasteiger partial charge in [-0.2, -0.15) is 5.10 Å². The van der Waals surface area contributed by atoms with Crippen molar-refractivity contribution >= 4 is 23.0 Å². The van der Waals surface area contributed by atoms with Gasteiger partial charge in [-0.05, 0) is 30.3 Å². The van der Waals surface area contributed by atoms with Gasteiger partial charge in [0.1, 0.15) is 5.84 Å². The third-order valence-corrected chi connectivity index (χ3v) is 3.45. The lowest BCUT2D eigenvalue weighted by molar-refractivity contribution is 0.112. The summed E-state index contributed by atoms with van der Waals surface area (Å²) in [6, 6.07) is 15.3. The summed E-state index contributed by atoms with van der Waals surface area (Å²) >= 11 is 0. The lowest BCUT2D eigenvalue weighted by atomic mass is 10.2. The Bertz CT molecular complexity index is 831. The zero-order valence-electron chi connectivity index (χ0n) is 11.2. The number of rotatable bonds is 3. The number of carbonyl (C=O) groups is 1. The molecule has 5 nitrogen and oxygen atoms in total. The summed E-state index contributed by atoms with van der Waals surface area (Å²) in [5.41, 5.74) is 9.01. The Labute approximate surface area is 121 Å². The molecule has 0 spiro atoms. The highest BCUT2D eigenvalue weighted by atomic mass is 16.1. The summed E-state index contributed by atoms with van der Waals surface area (Å²) in [4.78, 5) is 11.2. The molecule has 0 bridgehead atoms. The van der Waals surface area contributed by atoms with Gasteiger partial charge in [-0.1, -0.05) is 18.2 Å². The van der Waals surface area contributed by atoms with E-state index in [1.54, 1.807) is 0 Å². The van der Waals surface area contributed by atoms with E-state index in [0.717, 1.165) is 28.4 Å². The lowest BCUT2D eigenvalue weighted by Gasteiger charge is -2.06. The highest BCUT2D eigenvalue weighted by Gasteiger charge is 2.09. The minimum absolute atomic E-state index is 0.285. The fourth-order valence-electron chi connectivity index (χ4n) is 2.38. The number of hydrazone groups is 1. The van der Waals surface area contributed by atoms with Crippen molar-refractivity contribution in [2.45, 2.75) is 0 Å². The molecular weight excluding hydrogens is 264 g/mol. The third kappa shape index (κ3) is 2.14.